The zero-order chi connectivity index (χ0) is 19.3. The molecular weight excluding hydrogens is 340 g/mol. The van der Waals surface area contributed by atoms with E-state index in [1.54, 1.807) is 6.92 Å². The van der Waals surface area contributed by atoms with Crippen molar-refractivity contribution in [3.8, 4) is 0 Å². The number of halogens is 1. The number of aliphatic hydroxyl groups excluding tert-OH is 2. The lowest BCUT2D eigenvalue weighted by atomic mass is 9.44. The van der Waals surface area contributed by atoms with E-state index in [4.69, 9.17) is 11.6 Å². The Hall–Kier alpha value is 0.130. The molecule has 0 aromatic rings. The Labute approximate surface area is 157 Å². The van der Waals surface area contributed by atoms with E-state index in [1.807, 2.05) is 6.92 Å². The van der Waals surface area contributed by atoms with Crippen molar-refractivity contribution in [1.82, 2.24) is 0 Å². The van der Waals surface area contributed by atoms with Gasteiger partial charge in [0.05, 0.1) is 29.3 Å². The van der Waals surface area contributed by atoms with Crippen LogP contribution in [0, 0.1) is 22.7 Å². The molecule has 2 aliphatic carbocycles. The fourth-order valence-electron chi connectivity index (χ4n) is 5.93. The summed E-state index contributed by atoms with van der Waals surface area (Å²) in [5, 5.41) is 42.2. The summed E-state index contributed by atoms with van der Waals surface area (Å²) < 4.78 is 0. The largest absolute Gasteiger partial charge is 0.393 e. The van der Waals surface area contributed by atoms with E-state index in [0.717, 1.165) is 19.3 Å². The molecule has 0 aromatic carbocycles. The van der Waals surface area contributed by atoms with Gasteiger partial charge in [-0.25, -0.2) is 0 Å². The molecule has 2 saturated carbocycles. The molecule has 0 aliphatic heterocycles. The molecule has 5 heteroatoms. The number of fused-ring (bicyclic) bond motifs is 1. The maximum atomic E-state index is 11.1. The van der Waals surface area contributed by atoms with Gasteiger partial charge in [-0.2, -0.15) is 0 Å². The minimum Gasteiger partial charge on any atom is -0.393 e. The molecule has 0 aromatic heterocycles. The summed E-state index contributed by atoms with van der Waals surface area (Å²) in [5.74, 6) is 0.337. The van der Waals surface area contributed by atoms with Gasteiger partial charge in [-0.05, 0) is 75.0 Å². The van der Waals surface area contributed by atoms with Crippen LogP contribution < -0.4 is 0 Å². The molecule has 148 valence electrons. The van der Waals surface area contributed by atoms with Crippen LogP contribution in [0.5, 0.6) is 0 Å². The van der Waals surface area contributed by atoms with Gasteiger partial charge in [0, 0.05) is 0 Å². The van der Waals surface area contributed by atoms with Crippen LogP contribution in [0.15, 0.2) is 0 Å². The lowest BCUT2D eigenvalue weighted by Gasteiger charge is -2.62. The average Bonchev–Trinajstić information content (AvgIpc) is 2.49. The Balaban J connectivity index is 2.27. The summed E-state index contributed by atoms with van der Waals surface area (Å²) >= 11 is 5.72. The van der Waals surface area contributed by atoms with Crippen LogP contribution in [0.3, 0.4) is 0 Å². The molecule has 2 aliphatic rings. The first-order chi connectivity index (χ1) is 11.3. The van der Waals surface area contributed by atoms with Gasteiger partial charge in [-0.1, -0.05) is 20.8 Å². The van der Waals surface area contributed by atoms with Gasteiger partial charge in [0.1, 0.15) is 0 Å². The third kappa shape index (κ3) is 3.75. The van der Waals surface area contributed by atoms with Crippen LogP contribution in [-0.4, -0.2) is 49.7 Å². The van der Waals surface area contributed by atoms with Gasteiger partial charge in [-0.3, -0.25) is 0 Å². The minimum atomic E-state index is -1.26. The molecule has 4 nitrogen and oxygen atoms in total. The molecule has 0 bridgehead atoms. The fraction of sp³-hybridized carbons (Fsp3) is 1.00. The molecule has 2 rings (SSSR count). The fourth-order valence-corrected chi connectivity index (χ4v) is 6.26. The van der Waals surface area contributed by atoms with Gasteiger partial charge in [-0.15, -0.1) is 11.6 Å². The van der Waals surface area contributed by atoms with Crippen LogP contribution in [0.1, 0.15) is 73.1 Å². The minimum absolute atomic E-state index is 0.00677. The Kier molecular flexibility index (Phi) is 5.95. The standard InChI is InChI=1S/C20H37ClO4/c1-17(2)13-6-10-19(4,24)14(18(13,3)9-8-15(17)22)7-11-20(5,25)16(23)12-21/h13-16,22-25H,6-12H2,1-5H3/t13-,14+,15-,16-,18-,19+,20+/m0/s1. The Morgan fingerprint density at radius 1 is 1.16 bits per heavy atom. The van der Waals surface area contributed by atoms with Crippen molar-refractivity contribution in [3.05, 3.63) is 0 Å². The second kappa shape index (κ2) is 6.94. The first-order valence-electron chi connectivity index (χ1n) is 9.66. The SMILES string of the molecule is CC1(C)[C@@H](O)CC[C@]2(C)[C@@H](CC[C@@](C)(O)[C@@H](O)CCl)[C@](C)(O)CC[C@@H]12. The quantitative estimate of drug-likeness (QED) is 0.556. The molecule has 4 N–H and O–H groups in total. The van der Waals surface area contributed by atoms with E-state index in [9.17, 15) is 20.4 Å². The third-order valence-corrected chi connectivity index (χ3v) is 8.09. The number of hydrogen-bond donors (Lipinski definition) is 4. The van der Waals surface area contributed by atoms with Crippen LogP contribution >= 0.6 is 11.6 Å². The summed E-state index contributed by atoms with van der Waals surface area (Å²) in [6.07, 6.45) is 2.97. The highest BCUT2D eigenvalue weighted by molar-refractivity contribution is 6.18. The molecule has 0 unspecified atom stereocenters. The summed E-state index contributed by atoms with van der Waals surface area (Å²) in [7, 11) is 0. The number of alkyl halides is 1. The van der Waals surface area contributed by atoms with Gasteiger partial charge in [0.25, 0.3) is 0 Å². The van der Waals surface area contributed by atoms with Crippen molar-refractivity contribution in [3.63, 3.8) is 0 Å². The summed E-state index contributed by atoms with van der Waals surface area (Å²) in [4.78, 5) is 0. The van der Waals surface area contributed by atoms with E-state index in [0.29, 0.717) is 25.2 Å². The summed E-state index contributed by atoms with van der Waals surface area (Å²) in [6, 6.07) is 0. The highest BCUT2D eigenvalue weighted by atomic mass is 35.5. The Morgan fingerprint density at radius 3 is 2.32 bits per heavy atom. The van der Waals surface area contributed by atoms with Crippen molar-refractivity contribution >= 4 is 11.6 Å². The molecule has 0 radical (unpaired) electrons. The normalized spacial score (nSPS) is 44.6. The maximum absolute atomic E-state index is 11.1. The molecular formula is C20H37ClO4. The maximum Gasteiger partial charge on any atom is 0.0959 e. The smallest absolute Gasteiger partial charge is 0.0959 e. The molecule has 0 amide bonds. The number of hydrogen-bond acceptors (Lipinski definition) is 4. The highest BCUT2D eigenvalue weighted by Gasteiger charge is 2.60. The molecule has 2 fully saturated rings. The van der Waals surface area contributed by atoms with Crippen molar-refractivity contribution in [2.45, 2.75) is 96.6 Å². The van der Waals surface area contributed by atoms with E-state index >= 15 is 0 Å². The van der Waals surface area contributed by atoms with Gasteiger partial charge >= 0.3 is 0 Å². The molecule has 0 heterocycles. The van der Waals surface area contributed by atoms with E-state index in [-0.39, 0.29) is 28.7 Å². The second-order valence-electron chi connectivity index (χ2n) is 9.95. The van der Waals surface area contributed by atoms with Crippen molar-refractivity contribution in [2.75, 3.05) is 5.88 Å². The zero-order valence-electron chi connectivity index (χ0n) is 16.4. The Bertz CT molecular complexity index is 476. The lowest BCUT2D eigenvalue weighted by molar-refractivity contribution is -0.199. The predicted molar refractivity (Wildman–Crippen MR) is 101 cm³/mol. The monoisotopic (exact) mass is 376 g/mol. The van der Waals surface area contributed by atoms with Crippen molar-refractivity contribution in [1.29, 1.82) is 0 Å². The molecule has 0 spiro atoms. The second-order valence-corrected chi connectivity index (χ2v) is 10.3. The Morgan fingerprint density at radius 2 is 1.76 bits per heavy atom. The lowest BCUT2D eigenvalue weighted by Crippen LogP contribution is -2.60. The first-order valence-corrected chi connectivity index (χ1v) is 10.2. The van der Waals surface area contributed by atoms with Crippen molar-refractivity contribution in [2.24, 2.45) is 22.7 Å². The van der Waals surface area contributed by atoms with Gasteiger partial charge < -0.3 is 20.4 Å². The molecule has 7 atom stereocenters. The highest BCUT2D eigenvalue weighted by Crippen LogP contribution is 2.63. The number of aliphatic hydroxyl groups is 4. The first kappa shape index (κ1) is 21.4. The predicted octanol–water partition coefficient (Wildman–Crippen LogP) is 3.08. The molecule has 0 saturated heterocycles. The van der Waals surface area contributed by atoms with E-state index < -0.39 is 17.3 Å². The van der Waals surface area contributed by atoms with Crippen molar-refractivity contribution < 1.29 is 20.4 Å². The van der Waals surface area contributed by atoms with Gasteiger partial charge in [0.2, 0.25) is 0 Å². The third-order valence-electron chi connectivity index (χ3n) is 7.80. The van der Waals surface area contributed by atoms with Crippen LogP contribution in [0.4, 0.5) is 0 Å². The number of rotatable bonds is 5. The summed E-state index contributed by atoms with van der Waals surface area (Å²) in [6.45, 7) is 10.1. The zero-order valence-corrected chi connectivity index (χ0v) is 17.2. The average molecular weight is 377 g/mol. The van der Waals surface area contributed by atoms with E-state index in [2.05, 4.69) is 20.8 Å². The van der Waals surface area contributed by atoms with Crippen LogP contribution in [0.2, 0.25) is 0 Å². The van der Waals surface area contributed by atoms with Crippen LogP contribution in [-0.2, 0) is 0 Å². The van der Waals surface area contributed by atoms with E-state index in [1.165, 1.54) is 0 Å². The summed E-state index contributed by atoms with van der Waals surface area (Å²) in [5.41, 5.74) is -2.33. The molecule has 25 heavy (non-hydrogen) atoms. The van der Waals surface area contributed by atoms with Gasteiger partial charge in [0.15, 0.2) is 0 Å². The topological polar surface area (TPSA) is 80.9 Å². The van der Waals surface area contributed by atoms with Crippen LogP contribution in [0.25, 0.3) is 0 Å².